The van der Waals surface area contributed by atoms with Crippen LogP contribution in [-0.4, -0.2) is 93.1 Å². The van der Waals surface area contributed by atoms with Gasteiger partial charge in [-0.2, -0.15) is 17.4 Å². The quantitative estimate of drug-likeness (QED) is 0.543. The molecule has 0 bridgehead atoms. The molecule has 0 unspecified atom stereocenters. The van der Waals surface area contributed by atoms with Crippen molar-refractivity contribution in [2.45, 2.75) is 38.5 Å². The second kappa shape index (κ2) is 9.46. The van der Waals surface area contributed by atoms with E-state index in [4.69, 9.17) is 4.74 Å². The number of urea groups is 1. The van der Waals surface area contributed by atoms with E-state index in [-0.39, 0.29) is 64.5 Å². The first-order chi connectivity index (χ1) is 12.0. The molecule has 0 atom stereocenters. The Morgan fingerprint density at radius 1 is 1.15 bits per heavy atom. The van der Waals surface area contributed by atoms with Crippen molar-refractivity contribution in [3.63, 3.8) is 0 Å². The number of aryl methyl sites for hydroxylation is 2. The van der Waals surface area contributed by atoms with Gasteiger partial charge in [-0.3, -0.25) is 0 Å². The average Bonchev–Trinajstić information content (AvgIpc) is 3.22. The van der Waals surface area contributed by atoms with E-state index in [1.807, 2.05) is 0 Å². The van der Waals surface area contributed by atoms with Crippen molar-refractivity contribution in [1.29, 1.82) is 0 Å². The number of rotatable bonds is 6. The molecule has 1 radical (unpaired) electrons. The van der Waals surface area contributed by atoms with E-state index in [0.29, 0.717) is 5.69 Å². The minimum absolute atomic E-state index is 0. The fraction of sp³-hybridized carbons (Fsp3) is 0.588. The molecular weight excluding hydrogens is 381 g/mol. The van der Waals surface area contributed by atoms with E-state index in [9.17, 15) is 13.2 Å². The summed E-state index contributed by atoms with van der Waals surface area (Å²) in [6.45, 7) is 0.357. The van der Waals surface area contributed by atoms with Gasteiger partial charge in [-0.15, -0.1) is 0 Å². The Labute approximate surface area is 197 Å². The molecule has 7 nitrogen and oxygen atoms in total. The van der Waals surface area contributed by atoms with Crippen molar-refractivity contribution >= 4 is 73.3 Å². The number of ether oxygens (including phenoxy) is 1. The normalized spacial score (nSPS) is 15.2. The number of hydrogen-bond acceptors (Lipinski definition) is 4. The van der Waals surface area contributed by atoms with Crippen molar-refractivity contribution in [2.75, 3.05) is 31.6 Å². The number of anilines is 1. The zero-order chi connectivity index (χ0) is 18.0. The Bertz CT molecular complexity index is 750. The third-order valence-electron chi connectivity index (χ3n) is 4.87. The first-order valence-corrected chi connectivity index (χ1v) is 10.1. The molecule has 26 heavy (non-hydrogen) atoms. The standard InChI is InChI=1S/C17H25N3O4S.K/c1-18-17(21)20(25(22,23)19-9-10-24-2)16-14-7-3-5-12(14)11-13-6-4-8-15(13)16;/h11,19H,3-10H2,1-2H3,(H,18,21);. The van der Waals surface area contributed by atoms with Gasteiger partial charge in [0.1, 0.15) is 0 Å². The summed E-state index contributed by atoms with van der Waals surface area (Å²) in [4.78, 5) is 12.6. The summed E-state index contributed by atoms with van der Waals surface area (Å²) >= 11 is 0. The number of nitrogens with zero attached hydrogens (tertiary/aromatic N) is 1. The summed E-state index contributed by atoms with van der Waals surface area (Å²) in [7, 11) is -1.06. The topological polar surface area (TPSA) is 87.7 Å². The smallest absolute Gasteiger partial charge is 0.336 e. The van der Waals surface area contributed by atoms with Crippen LogP contribution in [0.5, 0.6) is 0 Å². The molecule has 0 spiro atoms. The van der Waals surface area contributed by atoms with Crippen LogP contribution in [0.2, 0.25) is 0 Å². The monoisotopic (exact) mass is 406 g/mol. The molecule has 139 valence electrons. The van der Waals surface area contributed by atoms with E-state index in [2.05, 4.69) is 16.1 Å². The first-order valence-electron chi connectivity index (χ1n) is 8.66. The van der Waals surface area contributed by atoms with E-state index < -0.39 is 16.2 Å². The van der Waals surface area contributed by atoms with E-state index in [1.54, 1.807) is 0 Å². The first kappa shape index (κ1) is 22.3. The maximum absolute atomic E-state index is 12.9. The Kier molecular flexibility index (Phi) is 8.11. The molecule has 2 aliphatic carbocycles. The van der Waals surface area contributed by atoms with E-state index in [1.165, 1.54) is 25.3 Å². The Balaban J connectivity index is 0.00000243. The van der Waals surface area contributed by atoms with Crippen LogP contribution in [0.4, 0.5) is 10.5 Å². The predicted octanol–water partition coefficient (Wildman–Crippen LogP) is 0.910. The van der Waals surface area contributed by atoms with Gasteiger partial charge in [-0.05, 0) is 60.8 Å². The van der Waals surface area contributed by atoms with Crippen molar-refractivity contribution < 1.29 is 17.9 Å². The number of nitrogens with one attached hydrogen (secondary N) is 2. The third-order valence-corrected chi connectivity index (χ3v) is 6.27. The number of fused-ring (bicyclic) bond motifs is 2. The minimum Gasteiger partial charge on any atom is -0.383 e. The molecule has 0 saturated heterocycles. The molecule has 2 N–H and O–H groups in total. The number of carbonyl (C=O) groups is 1. The molecule has 0 aliphatic heterocycles. The van der Waals surface area contributed by atoms with Gasteiger partial charge in [0.05, 0.1) is 12.3 Å². The van der Waals surface area contributed by atoms with Crippen LogP contribution >= 0.6 is 0 Å². The molecule has 9 heteroatoms. The van der Waals surface area contributed by atoms with Gasteiger partial charge in [0.15, 0.2) is 0 Å². The molecule has 3 rings (SSSR count). The van der Waals surface area contributed by atoms with Crippen molar-refractivity contribution in [2.24, 2.45) is 0 Å². The van der Waals surface area contributed by atoms with Crippen molar-refractivity contribution in [3.05, 3.63) is 28.3 Å². The fourth-order valence-electron chi connectivity index (χ4n) is 3.80. The molecule has 2 amide bonds. The summed E-state index contributed by atoms with van der Waals surface area (Å²) in [6.07, 6.45) is 5.47. The number of benzene rings is 1. The Morgan fingerprint density at radius 2 is 1.73 bits per heavy atom. The Morgan fingerprint density at radius 3 is 2.23 bits per heavy atom. The molecular formula is C17H25KN3O4S. The molecule has 0 saturated carbocycles. The van der Waals surface area contributed by atoms with Gasteiger partial charge < -0.3 is 10.1 Å². The summed E-state index contributed by atoms with van der Waals surface area (Å²) in [6, 6.07) is 1.57. The molecule has 0 heterocycles. The maximum Gasteiger partial charge on any atom is 0.336 e. The van der Waals surface area contributed by atoms with Crippen molar-refractivity contribution in [1.82, 2.24) is 10.0 Å². The van der Waals surface area contributed by atoms with E-state index >= 15 is 0 Å². The van der Waals surface area contributed by atoms with Gasteiger partial charge in [-0.1, -0.05) is 6.07 Å². The second-order valence-electron chi connectivity index (χ2n) is 6.42. The maximum atomic E-state index is 12.9. The summed E-state index contributed by atoms with van der Waals surface area (Å²) in [5.41, 5.74) is 4.93. The van der Waals surface area contributed by atoms with Gasteiger partial charge >= 0.3 is 16.2 Å². The molecule has 0 aromatic heterocycles. The average molecular weight is 407 g/mol. The van der Waals surface area contributed by atoms with E-state index in [0.717, 1.165) is 54.0 Å². The number of amides is 2. The second-order valence-corrected chi connectivity index (χ2v) is 8.02. The largest absolute Gasteiger partial charge is 0.383 e. The zero-order valence-corrected chi connectivity index (χ0v) is 19.7. The summed E-state index contributed by atoms with van der Waals surface area (Å²) in [5, 5.41) is 2.48. The minimum atomic E-state index is -4.01. The summed E-state index contributed by atoms with van der Waals surface area (Å²) < 4.78 is 34.1. The number of methoxy groups -OCH3 is 1. The molecule has 1 aromatic rings. The van der Waals surface area contributed by atoms with Gasteiger partial charge in [0, 0.05) is 72.1 Å². The van der Waals surface area contributed by atoms with Crippen LogP contribution in [0.1, 0.15) is 35.1 Å². The Hall–Kier alpha value is -0.00364. The van der Waals surface area contributed by atoms with Crippen molar-refractivity contribution in [3.8, 4) is 0 Å². The molecule has 1 aromatic carbocycles. The predicted molar refractivity (Wildman–Crippen MR) is 102 cm³/mol. The fourth-order valence-corrected chi connectivity index (χ4v) is 5.04. The van der Waals surface area contributed by atoms with Crippen LogP contribution in [0.15, 0.2) is 6.07 Å². The van der Waals surface area contributed by atoms with Crippen LogP contribution < -0.4 is 14.3 Å². The van der Waals surface area contributed by atoms with Gasteiger partial charge in [-0.25, -0.2) is 4.79 Å². The third kappa shape index (κ3) is 4.35. The zero-order valence-electron chi connectivity index (χ0n) is 15.7. The number of hydrogen-bond donors (Lipinski definition) is 2. The SMILES string of the molecule is CNC(=O)N(c1c2c(cc3c1CCC3)CCC2)S(=O)(=O)NCCOC.[K]. The molecule has 2 aliphatic rings. The van der Waals surface area contributed by atoms with Gasteiger partial charge in [0.25, 0.3) is 0 Å². The number of carbonyl (C=O) groups excluding carboxylic acids is 1. The summed E-state index contributed by atoms with van der Waals surface area (Å²) in [5.74, 6) is 0. The van der Waals surface area contributed by atoms with Crippen LogP contribution in [0.3, 0.4) is 0 Å². The van der Waals surface area contributed by atoms with Crippen LogP contribution in [0, 0.1) is 0 Å². The van der Waals surface area contributed by atoms with Crippen LogP contribution in [0.25, 0.3) is 0 Å². The van der Waals surface area contributed by atoms with Gasteiger partial charge in [0.2, 0.25) is 0 Å². The van der Waals surface area contributed by atoms with Crippen LogP contribution in [-0.2, 0) is 40.6 Å². The molecule has 0 fully saturated rings.